The molecule has 2 N–H and O–H groups in total. The van der Waals surface area contributed by atoms with Crippen molar-refractivity contribution in [2.45, 2.75) is 26.8 Å². The lowest BCUT2D eigenvalue weighted by atomic mass is 10.1. The van der Waals surface area contributed by atoms with Crippen molar-refractivity contribution in [3.8, 4) is 11.4 Å². The van der Waals surface area contributed by atoms with Crippen LogP contribution in [0.3, 0.4) is 0 Å². The van der Waals surface area contributed by atoms with Gasteiger partial charge in [-0.3, -0.25) is 14.2 Å². The Morgan fingerprint density at radius 2 is 1.90 bits per heavy atom. The maximum atomic E-state index is 13.3. The number of amides is 1. The average molecular weight is 430 g/mol. The third-order valence-electron chi connectivity index (χ3n) is 4.69. The third kappa shape index (κ3) is 4.75. The van der Waals surface area contributed by atoms with E-state index in [2.05, 4.69) is 10.3 Å². The monoisotopic (exact) mass is 429 g/mol. The summed E-state index contributed by atoms with van der Waals surface area (Å²) in [6.07, 6.45) is 0.122. The third-order valence-corrected chi connectivity index (χ3v) is 5.10. The average Bonchev–Trinajstić information content (AvgIpc) is 2.70. The van der Waals surface area contributed by atoms with Crippen LogP contribution < -0.4 is 10.9 Å². The minimum atomic E-state index is -0.444. The summed E-state index contributed by atoms with van der Waals surface area (Å²) >= 11 is 6.10. The van der Waals surface area contributed by atoms with Gasteiger partial charge in [0.05, 0.1) is 0 Å². The van der Waals surface area contributed by atoms with E-state index in [0.717, 1.165) is 5.56 Å². The predicted molar refractivity (Wildman–Crippen MR) is 114 cm³/mol. The van der Waals surface area contributed by atoms with Crippen LogP contribution in [0, 0.1) is 19.7 Å². The molecule has 0 aliphatic rings. The van der Waals surface area contributed by atoms with Crippen LogP contribution in [0.2, 0.25) is 5.02 Å². The van der Waals surface area contributed by atoms with Crippen molar-refractivity contribution < 1.29 is 14.3 Å². The fourth-order valence-electron chi connectivity index (χ4n) is 3.08. The van der Waals surface area contributed by atoms with Crippen LogP contribution in [-0.4, -0.2) is 27.2 Å². The normalized spacial score (nSPS) is 10.8. The zero-order valence-corrected chi connectivity index (χ0v) is 17.3. The van der Waals surface area contributed by atoms with Crippen molar-refractivity contribution in [2.24, 2.45) is 0 Å². The van der Waals surface area contributed by atoms with Crippen LogP contribution in [0.4, 0.5) is 10.1 Å². The van der Waals surface area contributed by atoms with Gasteiger partial charge in [-0.25, -0.2) is 9.37 Å². The van der Waals surface area contributed by atoms with Gasteiger partial charge in [0, 0.05) is 40.6 Å². The number of nitrogens with zero attached hydrogens (tertiary/aromatic N) is 2. The maximum Gasteiger partial charge on any atom is 0.257 e. The molecule has 0 aliphatic heterocycles. The number of rotatable bonds is 6. The van der Waals surface area contributed by atoms with Gasteiger partial charge in [-0.05, 0) is 55.8 Å². The molecule has 3 aromatic rings. The molecule has 0 saturated carbocycles. The van der Waals surface area contributed by atoms with E-state index in [9.17, 15) is 19.1 Å². The SMILES string of the molecule is Cc1ccc(NC(=O)Cn2c(-c3ccc(F)cc3)nc(C)c(CCO)c2=O)cc1Cl. The molecule has 0 radical (unpaired) electrons. The van der Waals surface area contributed by atoms with Gasteiger partial charge in [-0.2, -0.15) is 0 Å². The van der Waals surface area contributed by atoms with Gasteiger partial charge in [0.15, 0.2) is 0 Å². The van der Waals surface area contributed by atoms with E-state index >= 15 is 0 Å². The van der Waals surface area contributed by atoms with Crippen molar-refractivity contribution in [3.05, 3.63) is 80.5 Å². The number of halogens is 2. The molecule has 0 aliphatic carbocycles. The molecule has 8 heteroatoms. The predicted octanol–water partition coefficient (Wildman–Crippen LogP) is 3.49. The van der Waals surface area contributed by atoms with Gasteiger partial charge >= 0.3 is 0 Å². The molecule has 0 bridgehead atoms. The first-order chi connectivity index (χ1) is 14.3. The Morgan fingerprint density at radius 3 is 2.53 bits per heavy atom. The number of benzene rings is 2. The van der Waals surface area contributed by atoms with Crippen molar-refractivity contribution in [3.63, 3.8) is 0 Å². The highest BCUT2D eigenvalue weighted by molar-refractivity contribution is 6.31. The fourth-order valence-corrected chi connectivity index (χ4v) is 3.26. The molecule has 30 heavy (non-hydrogen) atoms. The Hall–Kier alpha value is -3.03. The molecule has 1 aromatic heterocycles. The summed E-state index contributed by atoms with van der Waals surface area (Å²) < 4.78 is 14.6. The summed E-state index contributed by atoms with van der Waals surface area (Å²) in [6.45, 7) is 2.99. The van der Waals surface area contributed by atoms with Crippen molar-refractivity contribution in [1.29, 1.82) is 0 Å². The number of carbonyl (C=O) groups excluding carboxylic acids is 1. The fraction of sp³-hybridized carbons (Fsp3) is 0.227. The first kappa shape index (κ1) is 21.7. The van der Waals surface area contributed by atoms with Gasteiger partial charge < -0.3 is 10.4 Å². The summed E-state index contributed by atoms with van der Waals surface area (Å²) in [5.74, 6) is -0.618. The number of hydrogen-bond acceptors (Lipinski definition) is 4. The molecular formula is C22H21ClFN3O3. The highest BCUT2D eigenvalue weighted by Gasteiger charge is 2.18. The smallest absolute Gasteiger partial charge is 0.257 e. The Labute approximate surface area is 178 Å². The molecule has 3 rings (SSSR count). The zero-order valence-electron chi connectivity index (χ0n) is 16.6. The summed E-state index contributed by atoms with van der Waals surface area (Å²) in [6, 6.07) is 10.6. The number of aliphatic hydroxyl groups is 1. The van der Waals surface area contributed by atoms with Crippen LogP contribution in [0.5, 0.6) is 0 Å². The number of carbonyl (C=O) groups is 1. The first-order valence-electron chi connectivity index (χ1n) is 9.33. The largest absolute Gasteiger partial charge is 0.396 e. The van der Waals surface area contributed by atoms with E-state index in [1.54, 1.807) is 25.1 Å². The Kier molecular flexibility index (Phi) is 6.64. The quantitative estimate of drug-likeness (QED) is 0.628. The van der Waals surface area contributed by atoms with E-state index in [1.165, 1.54) is 28.8 Å². The molecule has 1 heterocycles. The van der Waals surface area contributed by atoms with Gasteiger partial charge in [-0.15, -0.1) is 0 Å². The van der Waals surface area contributed by atoms with Crippen molar-refractivity contribution >= 4 is 23.2 Å². The molecule has 6 nitrogen and oxygen atoms in total. The molecule has 0 saturated heterocycles. The molecule has 2 aromatic carbocycles. The van der Waals surface area contributed by atoms with Gasteiger partial charge in [0.25, 0.3) is 5.56 Å². The number of aliphatic hydroxyl groups excluding tert-OH is 1. The van der Waals surface area contributed by atoms with E-state index in [0.29, 0.717) is 27.5 Å². The highest BCUT2D eigenvalue weighted by Crippen LogP contribution is 2.21. The van der Waals surface area contributed by atoms with Crippen LogP contribution in [-0.2, 0) is 17.8 Å². The second-order valence-electron chi connectivity index (χ2n) is 6.88. The number of anilines is 1. The molecule has 0 unspecified atom stereocenters. The topological polar surface area (TPSA) is 84.2 Å². The molecule has 0 fully saturated rings. The Balaban J connectivity index is 2.01. The van der Waals surface area contributed by atoms with Gasteiger partial charge in [0.2, 0.25) is 5.91 Å². The highest BCUT2D eigenvalue weighted by atomic mass is 35.5. The molecular weight excluding hydrogens is 409 g/mol. The summed E-state index contributed by atoms with van der Waals surface area (Å²) in [5, 5.41) is 12.5. The van der Waals surface area contributed by atoms with Crippen LogP contribution in [0.1, 0.15) is 16.8 Å². The van der Waals surface area contributed by atoms with Crippen LogP contribution >= 0.6 is 11.6 Å². The zero-order chi connectivity index (χ0) is 21.8. The van der Waals surface area contributed by atoms with E-state index in [-0.39, 0.29) is 25.4 Å². The number of hydrogen-bond donors (Lipinski definition) is 2. The standard InChI is InChI=1S/C22H21ClFN3O3/c1-13-3-8-17(11-19(13)23)26-20(29)12-27-21(15-4-6-16(24)7-5-15)25-14(2)18(9-10-28)22(27)30/h3-8,11,28H,9-10,12H2,1-2H3,(H,26,29). The number of nitrogens with one attached hydrogen (secondary N) is 1. The minimum absolute atomic E-state index is 0.122. The second kappa shape index (κ2) is 9.19. The van der Waals surface area contributed by atoms with E-state index in [4.69, 9.17) is 11.6 Å². The minimum Gasteiger partial charge on any atom is -0.396 e. The van der Waals surface area contributed by atoms with Gasteiger partial charge in [-0.1, -0.05) is 17.7 Å². The summed E-state index contributed by atoms with van der Waals surface area (Å²) in [4.78, 5) is 30.2. The lowest BCUT2D eigenvalue weighted by Crippen LogP contribution is -2.33. The summed E-state index contributed by atoms with van der Waals surface area (Å²) in [7, 11) is 0. The lowest BCUT2D eigenvalue weighted by Gasteiger charge is -2.16. The molecule has 1 amide bonds. The van der Waals surface area contributed by atoms with Crippen LogP contribution in [0.25, 0.3) is 11.4 Å². The maximum absolute atomic E-state index is 13.3. The first-order valence-corrected chi connectivity index (χ1v) is 9.71. The summed E-state index contributed by atoms with van der Waals surface area (Å²) in [5.41, 5.74) is 2.24. The van der Waals surface area contributed by atoms with Crippen molar-refractivity contribution in [1.82, 2.24) is 9.55 Å². The molecule has 0 spiro atoms. The van der Waals surface area contributed by atoms with Crippen molar-refractivity contribution in [2.75, 3.05) is 11.9 Å². The van der Waals surface area contributed by atoms with Crippen LogP contribution in [0.15, 0.2) is 47.3 Å². The van der Waals surface area contributed by atoms with Gasteiger partial charge in [0.1, 0.15) is 18.2 Å². The molecule has 0 atom stereocenters. The number of aromatic nitrogens is 2. The second-order valence-corrected chi connectivity index (χ2v) is 7.29. The number of aryl methyl sites for hydroxylation is 2. The lowest BCUT2D eigenvalue weighted by molar-refractivity contribution is -0.116. The van der Waals surface area contributed by atoms with E-state index < -0.39 is 17.3 Å². The Bertz CT molecular complexity index is 1140. The van der Waals surface area contributed by atoms with E-state index in [1.807, 2.05) is 6.92 Å². The molecule has 156 valence electrons. The Morgan fingerprint density at radius 1 is 1.20 bits per heavy atom.